The van der Waals surface area contributed by atoms with Crippen LogP contribution in [0.1, 0.15) is 15.6 Å². The van der Waals surface area contributed by atoms with Crippen LogP contribution in [0.5, 0.6) is 0 Å². The molecule has 4 nitrogen and oxygen atoms in total. The van der Waals surface area contributed by atoms with Gasteiger partial charge in [-0.05, 0) is 26.0 Å². The predicted octanol–water partition coefficient (Wildman–Crippen LogP) is 3.01. The van der Waals surface area contributed by atoms with Crippen LogP contribution in [0, 0.1) is 25.5 Å². The summed E-state index contributed by atoms with van der Waals surface area (Å²) in [6.07, 6.45) is 0.660. The summed E-state index contributed by atoms with van der Waals surface area (Å²) >= 11 is 1.62. The molecule has 1 aromatic heterocycles. The van der Waals surface area contributed by atoms with Crippen molar-refractivity contribution in [3.63, 3.8) is 0 Å². The highest BCUT2D eigenvalue weighted by Crippen LogP contribution is 2.17. The van der Waals surface area contributed by atoms with E-state index >= 15 is 0 Å². The maximum atomic E-state index is 13.4. The maximum absolute atomic E-state index is 13.4. The second kappa shape index (κ2) is 6.62. The van der Waals surface area contributed by atoms with Crippen molar-refractivity contribution in [3.8, 4) is 0 Å². The monoisotopic (exact) mass is 310 g/mol. The lowest BCUT2D eigenvalue weighted by molar-refractivity contribution is 0.604. The number of aromatic nitrogens is 1. The highest BCUT2D eigenvalue weighted by Gasteiger charge is 2.05. The maximum Gasteiger partial charge on any atom is 0.193 e. The third kappa shape index (κ3) is 4.22. The van der Waals surface area contributed by atoms with E-state index in [0.29, 0.717) is 13.0 Å². The van der Waals surface area contributed by atoms with E-state index in [4.69, 9.17) is 5.73 Å². The topological polar surface area (TPSA) is 63.3 Å². The molecule has 21 heavy (non-hydrogen) atoms. The number of thiazole rings is 1. The molecule has 3 N–H and O–H groups in total. The van der Waals surface area contributed by atoms with Crippen LogP contribution in [0.3, 0.4) is 0 Å². The van der Waals surface area contributed by atoms with Crippen LogP contribution < -0.4 is 11.1 Å². The Hall–Kier alpha value is -2.02. The molecule has 7 heteroatoms. The van der Waals surface area contributed by atoms with E-state index in [-0.39, 0.29) is 11.6 Å². The first kappa shape index (κ1) is 15.4. The van der Waals surface area contributed by atoms with Gasteiger partial charge >= 0.3 is 0 Å². The SMILES string of the molecule is Cc1nc(CCN=C(N)Nc2cc(F)ccc2F)sc1C. The standard InChI is InChI=1S/C14H16F2N4S/c1-8-9(2)21-13(19-8)5-6-18-14(17)20-12-7-10(15)3-4-11(12)16/h3-4,7H,5-6H2,1-2H3,(H3,17,18,20). The number of anilines is 1. The molecular formula is C14H16F2N4S. The average Bonchev–Trinajstić information content (AvgIpc) is 2.73. The Morgan fingerprint density at radius 1 is 1.38 bits per heavy atom. The molecule has 0 bridgehead atoms. The zero-order valence-corrected chi connectivity index (χ0v) is 12.6. The Kier molecular flexibility index (Phi) is 4.85. The molecule has 112 valence electrons. The first-order valence-corrected chi connectivity index (χ1v) is 7.22. The molecule has 1 aromatic carbocycles. The number of guanidine groups is 1. The summed E-state index contributed by atoms with van der Waals surface area (Å²) in [6, 6.07) is 3.11. The minimum atomic E-state index is -0.583. The van der Waals surface area contributed by atoms with E-state index < -0.39 is 11.6 Å². The van der Waals surface area contributed by atoms with E-state index in [1.165, 1.54) is 4.88 Å². The molecule has 0 atom stereocenters. The largest absolute Gasteiger partial charge is 0.370 e. The van der Waals surface area contributed by atoms with Gasteiger partial charge in [0.25, 0.3) is 0 Å². The summed E-state index contributed by atoms with van der Waals surface area (Å²) in [7, 11) is 0. The Bertz CT molecular complexity index is 647. The number of hydrogen-bond acceptors (Lipinski definition) is 3. The third-order valence-corrected chi connectivity index (χ3v) is 4.00. The van der Waals surface area contributed by atoms with Crippen LogP contribution in [0.15, 0.2) is 23.2 Å². The van der Waals surface area contributed by atoms with E-state index in [2.05, 4.69) is 15.3 Å². The quantitative estimate of drug-likeness (QED) is 0.674. The summed E-state index contributed by atoms with van der Waals surface area (Å²) in [6.45, 7) is 4.41. The number of hydrogen-bond donors (Lipinski definition) is 2. The first-order valence-electron chi connectivity index (χ1n) is 6.40. The molecule has 0 amide bonds. The first-order chi connectivity index (χ1) is 9.95. The van der Waals surface area contributed by atoms with Gasteiger partial charge in [0.15, 0.2) is 5.96 Å². The van der Waals surface area contributed by atoms with Gasteiger partial charge in [-0.2, -0.15) is 0 Å². The molecular weight excluding hydrogens is 294 g/mol. The molecule has 0 fully saturated rings. The molecule has 0 aliphatic rings. The number of nitrogens with one attached hydrogen (secondary N) is 1. The van der Waals surface area contributed by atoms with E-state index in [9.17, 15) is 8.78 Å². The van der Waals surface area contributed by atoms with Gasteiger partial charge in [-0.3, -0.25) is 4.99 Å². The van der Waals surface area contributed by atoms with Crippen LogP contribution in [-0.2, 0) is 6.42 Å². The lowest BCUT2D eigenvalue weighted by atomic mass is 10.3. The number of nitrogens with two attached hydrogens (primary N) is 1. The van der Waals surface area contributed by atoms with Crippen molar-refractivity contribution >= 4 is 23.0 Å². The third-order valence-electron chi connectivity index (χ3n) is 2.87. The van der Waals surface area contributed by atoms with Crippen molar-refractivity contribution in [1.82, 2.24) is 4.98 Å². The zero-order chi connectivity index (χ0) is 15.4. The average molecular weight is 310 g/mol. The Morgan fingerprint density at radius 2 is 2.14 bits per heavy atom. The van der Waals surface area contributed by atoms with E-state index in [0.717, 1.165) is 28.9 Å². The molecule has 0 aliphatic heterocycles. The molecule has 0 spiro atoms. The molecule has 1 heterocycles. The fourth-order valence-corrected chi connectivity index (χ4v) is 2.61. The second-order valence-electron chi connectivity index (χ2n) is 4.52. The van der Waals surface area contributed by atoms with Crippen LogP contribution in [-0.4, -0.2) is 17.5 Å². The van der Waals surface area contributed by atoms with Gasteiger partial charge in [-0.15, -0.1) is 11.3 Å². The number of rotatable bonds is 4. The van der Waals surface area contributed by atoms with Gasteiger partial charge in [-0.1, -0.05) is 0 Å². The number of aliphatic imine (C=N–C) groups is 1. The Labute approximate surface area is 125 Å². The van der Waals surface area contributed by atoms with Gasteiger partial charge in [0.2, 0.25) is 0 Å². The number of benzene rings is 1. The Morgan fingerprint density at radius 3 is 2.81 bits per heavy atom. The summed E-state index contributed by atoms with van der Waals surface area (Å²) in [5.74, 6) is -1.08. The van der Waals surface area contributed by atoms with Gasteiger partial charge in [-0.25, -0.2) is 13.8 Å². The lowest BCUT2D eigenvalue weighted by Crippen LogP contribution is -2.23. The van der Waals surface area contributed by atoms with Crippen LogP contribution in [0.2, 0.25) is 0 Å². The molecule has 2 rings (SSSR count). The lowest BCUT2D eigenvalue weighted by Gasteiger charge is -2.06. The fourth-order valence-electron chi connectivity index (χ4n) is 1.69. The number of halogens is 2. The van der Waals surface area contributed by atoms with Crippen LogP contribution in [0.25, 0.3) is 0 Å². The number of nitrogens with zero attached hydrogens (tertiary/aromatic N) is 2. The van der Waals surface area contributed by atoms with Crippen molar-refractivity contribution < 1.29 is 8.78 Å². The van der Waals surface area contributed by atoms with E-state index in [1.807, 2.05) is 13.8 Å². The molecule has 0 saturated heterocycles. The van der Waals surface area contributed by atoms with Crippen molar-refractivity contribution in [3.05, 3.63) is 45.4 Å². The number of aryl methyl sites for hydroxylation is 2. The Balaban J connectivity index is 1.93. The van der Waals surface area contributed by atoms with Crippen molar-refractivity contribution in [1.29, 1.82) is 0 Å². The molecule has 0 aliphatic carbocycles. The van der Waals surface area contributed by atoms with Crippen molar-refractivity contribution in [2.24, 2.45) is 10.7 Å². The second-order valence-corrected chi connectivity index (χ2v) is 5.80. The summed E-state index contributed by atoms with van der Waals surface area (Å²) in [5.41, 5.74) is 6.65. The minimum Gasteiger partial charge on any atom is -0.370 e. The van der Waals surface area contributed by atoms with Gasteiger partial charge < -0.3 is 11.1 Å². The zero-order valence-electron chi connectivity index (χ0n) is 11.8. The summed E-state index contributed by atoms with van der Waals surface area (Å²) in [4.78, 5) is 9.66. The van der Waals surface area contributed by atoms with Gasteiger partial charge in [0, 0.05) is 23.9 Å². The highest BCUT2D eigenvalue weighted by atomic mass is 32.1. The smallest absolute Gasteiger partial charge is 0.193 e. The van der Waals surface area contributed by atoms with E-state index in [1.54, 1.807) is 11.3 Å². The van der Waals surface area contributed by atoms with Crippen LogP contribution in [0.4, 0.5) is 14.5 Å². The molecule has 0 radical (unpaired) electrons. The van der Waals surface area contributed by atoms with Gasteiger partial charge in [0.1, 0.15) is 11.6 Å². The summed E-state index contributed by atoms with van der Waals surface area (Å²) in [5, 5.41) is 3.53. The van der Waals surface area contributed by atoms with Crippen LogP contribution >= 0.6 is 11.3 Å². The molecule has 0 saturated carbocycles. The normalized spacial score (nSPS) is 11.7. The van der Waals surface area contributed by atoms with Crippen molar-refractivity contribution in [2.45, 2.75) is 20.3 Å². The van der Waals surface area contributed by atoms with Crippen molar-refractivity contribution in [2.75, 3.05) is 11.9 Å². The summed E-state index contributed by atoms with van der Waals surface area (Å²) < 4.78 is 26.4. The molecule has 0 unspecified atom stereocenters. The molecule has 2 aromatic rings. The highest BCUT2D eigenvalue weighted by molar-refractivity contribution is 7.11. The minimum absolute atomic E-state index is 0.0304. The fraction of sp³-hybridized carbons (Fsp3) is 0.286. The van der Waals surface area contributed by atoms with Gasteiger partial charge in [0.05, 0.1) is 16.4 Å². The predicted molar refractivity (Wildman–Crippen MR) is 81.8 cm³/mol.